The van der Waals surface area contributed by atoms with E-state index >= 15 is 0 Å². The zero-order chi connectivity index (χ0) is 18.3. The van der Waals surface area contributed by atoms with Crippen LogP contribution in [-0.2, 0) is 21.2 Å². The van der Waals surface area contributed by atoms with Crippen molar-refractivity contribution in [3.63, 3.8) is 0 Å². The first-order valence-electron chi connectivity index (χ1n) is 8.90. The normalized spacial score (nSPS) is 21.8. The van der Waals surface area contributed by atoms with Gasteiger partial charge in [0, 0.05) is 18.2 Å². The third kappa shape index (κ3) is 3.33. The van der Waals surface area contributed by atoms with Gasteiger partial charge in [-0.1, -0.05) is 30.3 Å². The summed E-state index contributed by atoms with van der Waals surface area (Å²) in [5.41, 5.74) is 3.64. The second kappa shape index (κ2) is 6.43. The quantitative estimate of drug-likeness (QED) is 0.899. The number of carbonyl (C=O) groups excluding carboxylic acids is 1. The lowest BCUT2D eigenvalue weighted by atomic mass is 10.0. The summed E-state index contributed by atoms with van der Waals surface area (Å²) < 4.78 is 25.3. The Kier molecular flexibility index (Phi) is 4.23. The minimum Gasteiger partial charge on any atom is -0.326 e. The van der Waals surface area contributed by atoms with E-state index in [0.29, 0.717) is 12.5 Å². The second-order valence-electron chi connectivity index (χ2n) is 7.13. The van der Waals surface area contributed by atoms with Crippen LogP contribution in [-0.4, -0.2) is 27.1 Å². The zero-order valence-corrected chi connectivity index (χ0v) is 15.5. The maximum absolute atomic E-state index is 12.5. The molecule has 1 amide bonds. The molecule has 136 valence electrons. The molecular formula is C20H22N2O3S. The van der Waals surface area contributed by atoms with Gasteiger partial charge in [0.25, 0.3) is 0 Å². The van der Waals surface area contributed by atoms with Gasteiger partial charge in [0.05, 0.1) is 11.9 Å². The van der Waals surface area contributed by atoms with E-state index in [4.69, 9.17) is 0 Å². The van der Waals surface area contributed by atoms with Gasteiger partial charge in [-0.05, 0) is 54.5 Å². The van der Waals surface area contributed by atoms with Gasteiger partial charge < -0.3 is 5.32 Å². The van der Waals surface area contributed by atoms with Crippen LogP contribution in [0.5, 0.6) is 0 Å². The van der Waals surface area contributed by atoms with E-state index in [2.05, 4.69) is 17.4 Å². The summed E-state index contributed by atoms with van der Waals surface area (Å²) in [4.78, 5) is 12.5. The summed E-state index contributed by atoms with van der Waals surface area (Å²) in [6.45, 7) is 0.512. The largest absolute Gasteiger partial charge is 0.326 e. The average Bonchev–Trinajstić information content (AvgIpc) is 3.42. The molecule has 1 fully saturated rings. The molecule has 0 aromatic heterocycles. The molecule has 26 heavy (non-hydrogen) atoms. The van der Waals surface area contributed by atoms with Gasteiger partial charge in [-0.15, -0.1) is 0 Å². The Morgan fingerprint density at radius 2 is 1.92 bits per heavy atom. The lowest BCUT2D eigenvalue weighted by Gasteiger charge is -2.29. The molecular weight excluding hydrogens is 348 g/mol. The fourth-order valence-corrected chi connectivity index (χ4v) is 4.77. The molecule has 2 aliphatic rings. The summed E-state index contributed by atoms with van der Waals surface area (Å²) in [5, 5.41) is 3.00. The minimum absolute atomic E-state index is 0.0148. The number of hydrogen-bond donors (Lipinski definition) is 1. The molecule has 4 rings (SSSR count). The molecule has 0 radical (unpaired) electrons. The number of aryl methyl sites for hydroxylation is 1. The van der Waals surface area contributed by atoms with Crippen molar-refractivity contribution in [2.24, 2.45) is 5.92 Å². The highest BCUT2D eigenvalue weighted by atomic mass is 32.2. The Morgan fingerprint density at radius 3 is 2.65 bits per heavy atom. The third-order valence-electron chi connectivity index (χ3n) is 5.18. The number of hydrogen-bond acceptors (Lipinski definition) is 3. The van der Waals surface area contributed by atoms with Crippen LogP contribution in [0.25, 0.3) is 0 Å². The van der Waals surface area contributed by atoms with Crippen LogP contribution in [0.4, 0.5) is 11.4 Å². The van der Waals surface area contributed by atoms with Crippen LogP contribution in [0.3, 0.4) is 0 Å². The van der Waals surface area contributed by atoms with Crippen molar-refractivity contribution in [2.75, 3.05) is 22.4 Å². The molecule has 2 unspecified atom stereocenters. The maximum atomic E-state index is 12.5. The number of fused-ring (bicyclic) bond motifs is 1. The monoisotopic (exact) mass is 370 g/mol. The Hall–Kier alpha value is -2.34. The van der Waals surface area contributed by atoms with Gasteiger partial charge in [0.1, 0.15) is 0 Å². The van der Waals surface area contributed by atoms with Crippen LogP contribution in [0.1, 0.15) is 29.9 Å². The predicted molar refractivity (Wildman–Crippen MR) is 103 cm³/mol. The molecule has 1 heterocycles. The van der Waals surface area contributed by atoms with Gasteiger partial charge in [-0.3, -0.25) is 9.10 Å². The topological polar surface area (TPSA) is 66.5 Å². The third-order valence-corrected chi connectivity index (χ3v) is 6.36. The number of carbonyl (C=O) groups is 1. The molecule has 1 aliphatic carbocycles. The molecule has 5 nitrogen and oxygen atoms in total. The average molecular weight is 370 g/mol. The molecule has 6 heteroatoms. The molecule has 1 N–H and O–H groups in total. The SMILES string of the molecule is CS(=O)(=O)N1CCCc2cc(NC(=O)C3CC3c3ccccc3)ccc21. The number of nitrogens with zero attached hydrogens (tertiary/aromatic N) is 1. The van der Waals surface area contributed by atoms with Gasteiger partial charge in [-0.25, -0.2) is 8.42 Å². The summed E-state index contributed by atoms with van der Waals surface area (Å²) in [6.07, 6.45) is 3.72. The molecule has 2 atom stereocenters. The Balaban J connectivity index is 1.48. The molecule has 1 aliphatic heterocycles. The van der Waals surface area contributed by atoms with Gasteiger partial charge in [-0.2, -0.15) is 0 Å². The highest BCUT2D eigenvalue weighted by Crippen LogP contribution is 2.48. The number of amides is 1. The van der Waals surface area contributed by atoms with E-state index in [-0.39, 0.29) is 11.8 Å². The summed E-state index contributed by atoms with van der Waals surface area (Å²) in [5.74, 6) is 0.352. The molecule has 0 bridgehead atoms. The lowest BCUT2D eigenvalue weighted by Crippen LogP contribution is -2.34. The predicted octanol–water partition coefficient (Wildman–Crippen LogP) is 3.14. The minimum atomic E-state index is -3.27. The van der Waals surface area contributed by atoms with E-state index in [1.54, 1.807) is 12.1 Å². The molecule has 0 spiro atoms. The maximum Gasteiger partial charge on any atom is 0.232 e. The number of anilines is 2. The van der Waals surface area contributed by atoms with E-state index in [1.807, 2.05) is 24.3 Å². The smallest absolute Gasteiger partial charge is 0.232 e. The fourth-order valence-electron chi connectivity index (χ4n) is 3.77. The Bertz CT molecular complexity index is 941. The van der Waals surface area contributed by atoms with Crippen molar-refractivity contribution < 1.29 is 13.2 Å². The number of benzene rings is 2. The fraction of sp³-hybridized carbons (Fsp3) is 0.350. The van der Waals surface area contributed by atoms with E-state index in [0.717, 1.165) is 36.2 Å². The highest BCUT2D eigenvalue weighted by Gasteiger charge is 2.43. The molecule has 2 aromatic carbocycles. The van der Waals surface area contributed by atoms with Crippen molar-refractivity contribution in [1.29, 1.82) is 0 Å². The number of nitrogens with one attached hydrogen (secondary N) is 1. The standard InChI is InChI=1S/C20H22N2O3S/c1-26(24,25)22-11-5-8-15-12-16(9-10-19(15)22)21-20(23)18-13-17(18)14-6-3-2-4-7-14/h2-4,6-7,9-10,12,17-18H,5,8,11,13H2,1H3,(H,21,23). The first kappa shape index (κ1) is 17.1. The van der Waals surface area contributed by atoms with Crippen LogP contribution in [0.15, 0.2) is 48.5 Å². The highest BCUT2D eigenvalue weighted by molar-refractivity contribution is 7.92. The molecule has 0 saturated heterocycles. The Morgan fingerprint density at radius 1 is 1.15 bits per heavy atom. The van der Waals surface area contributed by atoms with Gasteiger partial charge in [0.2, 0.25) is 15.9 Å². The van der Waals surface area contributed by atoms with Crippen molar-refractivity contribution in [3.05, 3.63) is 59.7 Å². The van der Waals surface area contributed by atoms with Gasteiger partial charge in [0.15, 0.2) is 0 Å². The summed E-state index contributed by atoms with van der Waals surface area (Å²) >= 11 is 0. The number of rotatable bonds is 4. The van der Waals surface area contributed by atoms with Crippen LogP contribution < -0.4 is 9.62 Å². The van der Waals surface area contributed by atoms with Crippen molar-refractivity contribution in [2.45, 2.75) is 25.2 Å². The molecule has 2 aromatic rings. The Labute approximate surface area is 154 Å². The second-order valence-corrected chi connectivity index (χ2v) is 9.04. The van der Waals surface area contributed by atoms with Crippen molar-refractivity contribution in [3.8, 4) is 0 Å². The summed E-state index contributed by atoms with van der Waals surface area (Å²) in [6, 6.07) is 15.6. The van der Waals surface area contributed by atoms with Crippen molar-refractivity contribution in [1.82, 2.24) is 0 Å². The lowest BCUT2D eigenvalue weighted by molar-refractivity contribution is -0.117. The number of sulfonamides is 1. The van der Waals surface area contributed by atoms with E-state index in [9.17, 15) is 13.2 Å². The van der Waals surface area contributed by atoms with Crippen LogP contribution >= 0.6 is 0 Å². The van der Waals surface area contributed by atoms with Crippen molar-refractivity contribution >= 4 is 27.3 Å². The van der Waals surface area contributed by atoms with Crippen LogP contribution in [0, 0.1) is 5.92 Å². The van der Waals surface area contributed by atoms with E-state index < -0.39 is 10.0 Å². The first-order chi connectivity index (χ1) is 12.4. The van der Waals surface area contributed by atoms with Gasteiger partial charge >= 0.3 is 0 Å². The molecule has 1 saturated carbocycles. The first-order valence-corrected chi connectivity index (χ1v) is 10.7. The zero-order valence-electron chi connectivity index (χ0n) is 14.7. The van der Waals surface area contributed by atoms with E-state index in [1.165, 1.54) is 16.1 Å². The summed E-state index contributed by atoms with van der Waals surface area (Å²) in [7, 11) is -3.27. The van der Waals surface area contributed by atoms with Crippen LogP contribution in [0.2, 0.25) is 0 Å².